The fourth-order valence-corrected chi connectivity index (χ4v) is 3.41. The molecule has 3 unspecified atom stereocenters. The van der Waals surface area contributed by atoms with E-state index in [1.165, 1.54) is 0 Å². The second-order valence-corrected chi connectivity index (χ2v) is 5.63. The lowest BCUT2D eigenvalue weighted by Crippen LogP contribution is -2.54. The predicted molar refractivity (Wildman–Crippen MR) is 62.2 cm³/mol. The fourth-order valence-electron chi connectivity index (χ4n) is 3.41. The monoisotopic (exact) mass is 237 g/mol. The maximum Gasteiger partial charge on any atom is 0.228 e. The van der Waals surface area contributed by atoms with E-state index in [1.54, 1.807) is 0 Å². The maximum atomic E-state index is 12.3. The van der Waals surface area contributed by atoms with Crippen LogP contribution in [-0.2, 0) is 9.59 Å². The van der Waals surface area contributed by atoms with Crippen LogP contribution in [0.2, 0.25) is 0 Å². The van der Waals surface area contributed by atoms with E-state index in [0.717, 1.165) is 26.1 Å². The number of amides is 2. The number of hydrogen-bond acceptors (Lipinski definition) is 3. The number of rotatable bonds is 1. The predicted octanol–water partition coefficient (Wildman–Crippen LogP) is -0.717. The molecule has 2 amide bonds. The summed E-state index contributed by atoms with van der Waals surface area (Å²) in [4.78, 5) is 28.0. The maximum absolute atomic E-state index is 12.3. The largest absolute Gasteiger partial charge is 0.351 e. The van der Waals surface area contributed by atoms with E-state index >= 15 is 0 Å². The molecule has 3 aliphatic heterocycles. The van der Waals surface area contributed by atoms with Gasteiger partial charge in [0.25, 0.3) is 0 Å². The summed E-state index contributed by atoms with van der Waals surface area (Å²) in [5.74, 6) is 0.452. The van der Waals surface area contributed by atoms with Crippen LogP contribution in [0.4, 0.5) is 0 Å². The topological polar surface area (TPSA) is 52.7 Å². The van der Waals surface area contributed by atoms with Gasteiger partial charge >= 0.3 is 0 Å². The quantitative estimate of drug-likeness (QED) is 0.655. The lowest BCUT2D eigenvalue weighted by Gasteiger charge is -2.39. The first-order chi connectivity index (χ1) is 8.08. The van der Waals surface area contributed by atoms with Crippen LogP contribution >= 0.6 is 0 Å². The minimum Gasteiger partial charge on any atom is -0.351 e. The summed E-state index contributed by atoms with van der Waals surface area (Å²) in [6.07, 6.45) is 0.912. The second kappa shape index (κ2) is 3.70. The molecule has 3 atom stereocenters. The number of hydrogen-bond donors (Lipinski definition) is 1. The van der Waals surface area contributed by atoms with E-state index in [1.807, 2.05) is 18.9 Å². The molecule has 94 valence electrons. The van der Waals surface area contributed by atoms with Crippen molar-refractivity contribution in [2.75, 3.05) is 26.7 Å². The van der Waals surface area contributed by atoms with Gasteiger partial charge in [-0.2, -0.15) is 0 Å². The standard InChI is InChI=1S/C12H19N3O2/c1-7-10-9(13-11(7)16)3-4-15(10)12(17)8-5-14(2)6-8/h7-10H,3-6H2,1-2H3,(H,13,16). The Kier molecular flexibility index (Phi) is 2.40. The smallest absolute Gasteiger partial charge is 0.228 e. The van der Waals surface area contributed by atoms with Crippen LogP contribution in [0.15, 0.2) is 0 Å². The van der Waals surface area contributed by atoms with Gasteiger partial charge in [0.15, 0.2) is 0 Å². The number of carbonyl (C=O) groups excluding carboxylic acids is 2. The van der Waals surface area contributed by atoms with Crippen LogP contribution < -0.4 is 5.32 Å². The molecular weight excluding hydrogens is 218 g/mol. The molecule has 0 aromatic heterocycles. The molecule has 3 fully saturated rings. The molecule has 0 aromatic carbocycles. The summed E-state index contributed by atoms with van der Waals surface area (Å²) in [6.45, 7) is 4.46. The van der Waals surface area contributed by atoms with Gasteiger partial charge in [-0.25, -0.2) is 0 Å². The third kappa shape index (κ3) is 1.56. The van der Waals surface area contributed by atoms with Crippen molar-refractivity contribution in [3.63, 3.8) is 0 Å². The zero-order valence-electron chi connectivity index (χ0n) is 10.3. The Bertz CT molecular complexity index is 365. The molecule has 1 N–H and O–H groups in total. The highest BCUT2D eigenvalue weighted by molar-refractivity contribution is 5.86. The molecule has 3 saturated heterocycles. The van der Waals surface area contributed by atoms with Crippen molar-refractivity contribution in [3.05, 3.63) is 0 Å². The highest BCUT2D eigenvalue weighted by atomic mass is 16.2. The van der Waals surface area contributed by atoms with E-state index in [-0.39, 0.29) is 35.7 Å². The van der Waals surface area contributed by atoms with Gasteiger partial charge in [-0.05, 0) is 13.5 Å². The Hall–Kier alpha value is -1.10. The number of likely N-dealkylation sites (tertiary alicyclic amines) is 2. The van der Waals surface area contributed by atoms with Gasteiger partial charge in [-0.15, -0.1) is 0 Å². The Morgan fingerprint density at radius 3 is 2.76 bits per heavy atom. The Morgan fingerprint density at radius 1 is 1.41 bits per heavy atom. The van der Waals surface area contributed by atoms with Crippen LogP contribution in [0, 0.1) is 11.8 Å². The number of nitrogens with one attached hydrogen (secondary N) is 1. The molecule has 0 aliphatic carbocycles. The molecule has 0 saturated carbocycles. The minimum absolute atomic E-state index is 0.0516. The Morgan fingerprint density at radius 2 is 2.12 bits per heavy atom. The average molecular weight is 237 g/mol. The van der Waals surface area contributed by atoms with Crippen LogP contribution in [0.1, 0.15) is 13.3 Å². The zero-order chi connectivity index (χ0) is 12.2. The third-order valence-corrected chi connectivity index (χ3v) is 4.40. The molecule has 0 aromatic rings. The number of fused-ring (bicyclic) bond motifs is 1. The number of nitrogens with zero attached hydrogens (tertiary/aromatic N) is 2. The molecule has 0 spiro atoms. The molecule has 5 heteroatoms. The first-order valence-corrected chi connectivity index (χ1v) is 6.37. The first kappa shape index (κ1) is 11.0. The summed E-state index contributed by atoms with van der Waals surface area (Å²) < 4.78 is 0. The summed E-state index contributed by atoms with van der Waals surface area (Å²) in [7, 11) is 2.03. The van der Waals surface area contributed by atoms with Crippen molar-refractivity contribution < 1.29 is 9.59 Å². The Labute approximate surface area is 101 Å². The first-order valence-electron chi connectivity index (χ1n) is 6.37. The highest BCUT2D eigenvalue weighted by Gasteiger charge is 2.50. The van der Waals surface area contributed by atoms with Gasteiger partial charge in [0.2, 0.25) is 11.8 Å². The van der Waals surface area contributed by atoms with E-state index in [0.29, 0.717) is 0 Å². The van der Waals surface area contributed by atoms with Gasteiger partial charge in [-0.1, -0.05) is 6.92 Å². The highest BCUT2D eigenvalue weighted by Crippen LogP contribution is 2.32. The van der Waals surface area contributed by atoms with Crippen LogP contribution in [-0.4, -0.2) is 60.4 Å². The molecule has 17 heavy (non-hydrogen) atoms. The normalized spacial score (nSPS) is 37.9. The average Bonchev–Trinajstić information content (AvgIpc) is 2.76. The van der Waals surface area contributed by atoms with Gasteiger partial charge in [0, 0.05) is 19.6 Å². The lowest BCUT2D eigenvalue weighted by molar-refractivity contribution is -0.142. The summed E-state index contributed by atoms with van der Waals surface area (Å²) in [5.41, 5.74) is 0. The lowest BCUT2D eigenvalue weighted by atomic mass is 9.96. The van der Waals surface area contributed by atoms with Crippen LogP contribution in [0.5, 0.6) is 0 Å². The van der Waals surface area contributed by atoms with Crippen molar-refractivity contribution in [3.8, 4) is 0 Å². The van der Waals surface area contributed by atoms with Gasteiger partial charge in [0.05, 0.1) is 23.9 Å². The number of carbonyl (C=O) groups is 2. The van der Waals surface area contributed by atoms with Crippen LogP contribution in [0.3, 0.4) is 0 Å². The van der Waals surface area contributed by atoms with E-state index < -0.39 is 0 Å². The van der Waals surface area contributed by atoms with Crippen molar-refractivity contribution in [2.45, 2.75) is 25.4 Å². The molecule has 3 rings (SSSR count). The van der Waals surface area contributed by atoms with Crippen molar-refractivity contribution >= 4 is 11.8 Å². The van der Waals surface area contributed by atoms with E-state index in [2.05, 4.69) is 10.2 Å². The zero-order valence-corrected chi connectivity index (χ0v) is 10.3. The minimum atomic E-state index is -0.0516. The van der Waals surface area contributed by atoms with Crippen molar-refractivity contribution in [2.24, 2.45) is 11.8 Å². The van der Waals surface area contributed by atoms with Crippen LogP contribution in [0.25, 0.3) is 0 Å². The molecule has 5 nitrogen and oxygen atoms in total. The van der Waals surface area contributed by atoms with Crippen molar-refractivity contribution in [1.82, 2.24) is 15.1 Å². The van der Waals surface area contributed by atoms with E-state index in [4.69, 9.17) is 0 Å². The Balaban J connectivity index is 1.72. The molecule has 0 radical (unpaired) electrons. The summed E-state index contributed by atoms with van der Waals surface area (Å²) >= 11 is 0. The molecule has 0 bridgehead atoms. The van der Waals surface area contributed by atoms with Gasteiger partial charge in [0.1, 0.15) is 0 Å². The van der Waals surface area contributed by atoms with Gasteiger partial charge in [-0.3, -0.25) is 9.59 Å². The molecule has 3 aliphatic rings. The van der Waals surface area contributed by atoms with Crippen molar-refractivity contribution in [1.29, 1.82) is 0 Å². The molecule has 3 heterocycles. The van der Waals surface area contributed by atoms with E-state index in [9.17, 15) is 9.59 Å². The SMILES string of the molecule is CC1C(=O)NC2CCN(C(=O)C3CN(C)C3)C21. The summed E-state index contributed by atoms with van der Waals surface area (Å²) in [5, 5.41) is 2.99. The second-order valence-electron chi connectivity index (χ2n) is 5.63. The summed E-state index contributed by atoms with van der Waals surface area (Å²) in [6, 6.07) is 0.292. The van der Waals surface area contributed by atoms with Gasteiger partial charge < -0.3 is 15.1 Å². The molecular formula is C12H19N3O2. The fraction of sp³-hybridized carbons (Fsp3) is 0.833. The third-order valence-electron chi connectivity index (χ3n) is 4.40.